The Balaban J connectivity index is 1.69. The number of carbonyl (C=O) groups is 1. The average Bonchev–Trinajstić information content (AvgIpc) is 3.32. The molecule has 0 aliphatic heterocycles. The molecule has 0 N–H and O–H groups in total. The zero-order valence-corrected chi connectivity index (χ0v) is 16.9. The molecular formula is C19H23N3O4S. The van der Waals surface area contributed by atoms with Crippen LogP contribution in [-0.2, 0) is 4.74 Å². The van der Waals surface area contributed by atoms with Crippen molar-refractivity contribution < 1.29 is 18.4 Å². The number of methoxy groups -OCH3 is 1. The number of rotatable bonds is 8. The summed E-state index contributed by atoms with van der Waals surface area (Å²) >= 11 is 1.24. The van der Waals surface area contributed by atoms with E-state index in [0.29, 0.717) is 29.0 Å². The van der Waals surface area contributed by atoms with Gasteiger partial charge < -0.3 is 18.1 Å². The summed E-state index contributed by atoms with van der Waals surface area (Å²) in [7, 11) is 1.68. The summed E-state index contributed by atoms with van der Waals surface area (Å²) in [6, 6.07) is 3.87. The molecule has 0 aromatic carbocycles. The van der Waals surface area contributed by atoms with Crippen molar-refractivity contribution >= 4 is 17.5 Å². The molecule has 1 atom stereocenters. The fourth-order valence-electron chi connectivity index (χ4n) is 3.24. The maximum absolute atomic E-state index is 12.7. The van der Waals surface area contributed by atoms with Gasteiger partial charge in [-0.25, -0.2) is 0 Å². The van der Waals surface area contributed by atoms with Crippen LogP contribution in [0.15, 0.2) is 32.5 Å². The fraction of sp³-hybridized carbons (Fsp3) is 0.421. The molecule has 7 nitrogen and oxygen atoms in total. The van der Waals surface area contributed by atoms with Gasteiger partial charge in [0.15, 0.2) is 5.78 Å². The summed E-state index contributed by atoms with van der Waals surface area (Å²) in [5, 5.41) is 8.39. The van der Waals surface area contributed by atoms with Crippen molar-refractivity contribution in [2.45, 2.75) is 39.0 Å². The lowest BCUT2D eigenvalue weighted by molar-refractivity contribution is 0.102. The molecule has 0 spiro atoms. The van der Waals surface area contributed by atoms with Crippen molar-refractivity contribution in [3.05, 3.63) is 41.1 Å². The van der Waals surface area contributed by atoms with Crippen LogP contribution in [0.25, 0.3) is 11.5 Å². The van der Waals surface area contributed by atoms with Crippen LogP contribution in [0.5, 0.6) is 0 Å². The Bertz CT molecular complexity index is 941. The molecule has 3 heterocycles. The van der Waals surface area contributed by atoms with Gasteiger partial charge in [-0.3, -0.25) is 4.79 Å². The topological polar surface area (TPSA) is 83.3 Å². The molecule has 0 aliphatic rings. The summed E-state index contributed by atoms with van der Waals surface area (Å²) in [6.07, 6.45) is 1.57. The predicted octanol–water partition coefficient (Wildman–Crippen LogP) is 4.24. The number of nitrogens with zero attached hydrogens (tertiary/aromatic N) is 3. The van der Waals surface area contributed by atoms with E-state index in [4.69, 9.17) is 13.6 Å². The van der Waals surface area contributed by atoms with Crippen molar-refractivity contribution in [3.8, 4) is 11.5 Å². The minimum absolute atomic E-state index is 0.0307. The highest BCUT2D eigenvalue weighted by Crippen LogP contribution is 2.27. The van der Waals surface area contributed by atoms with Crippen LogP contribution in [0.3, 0.4) is 0 Å². The van der Waals surface area contributed by atoms with Gasteiger partial charge in [0.25, 0.3) is 11.1 Å². The largest absolute Gasteiger partial charge is 0.469 e. The van der Waals surface area contributed by atoms with Gasteiger partial charge in [0.1, 0.15) is 5.76 Å². The van der Waals surface area contributed by atoms with Crippen LogP contribution in [-0.4, -0.2) is 40.0 Å². The number of aromatic nitrogens is 3. The van der Waals surface area contributed by atoms with E-state index in [-0.39, 0.29) is 17.6 Å². The number of hydrogen-bond acceptors (Lipinski definition) is 7. The summed E-state index contributed by atoms with van der Waals surface area (Å²) in [5.74, 6) is 1.37. The molecule has 3 aromatic rings. The number of thioether (sulfide) groups is 1. The smallest absolute Gasteiger partial charge is 0.277 e. The third-order valence-electron chi connectivity index (χ3n) is 4.46. The Morgan fingerprint density at radius 1 is 1.33 bits per heavy atom. The zero-order valence-electron chi connectivity index (χ0n) is 16.1. The lowest BCUT2D eigenvalue weighted by atomic mass is 10.2. The van der Waals surface area contributed by atoms with Crippen LogP contribution < -0.4 is 0 Å². The second kappa shape index (κ2) is 8.14. The van der Waals surface area contributed by atoms with E-state index in [9.17, 15) is 4.79 Å². The number of furan rings is 1. The summed E-state index contributed by atoms with van der Waals surface area (Å²) in [5.41, 5.74) is 3.47. The standard InChI is InChI=1S/C19H23N3O4S/c1-11-8-16(13(3)22(11)12(2)9-24-5)17(23)10-27-19-21-20-18(26-19)15-6-7-25-14(15)4/h6-8,12H,9-10H2,1-5H3/t12-/m1/s1. The van der Waals surface area contributed by atoms with Crippen molar-refractivity contribution in [1.29, 1.82) is 0 Å². The fourth-order valence-corrected chi connectivity index (χ4v) is 3.89. The summed E-state index contributed by atoms with van der Waals surface area (Å²) in [6.45, 7) is 8.46. The van der Waals surface area contributed by atoms with Gasteiger partial charge in [-0.05, 0) is 39.8 Å². The Kier molecular flexibility index (Phi) is 5.86. The van der Waals surface area contributed by atoms with Gasteiger partial charge in [0, 0.05) is 24.1 Å². The molecule has 0 saturated heterocycles. The number of Topliss-reactive ketones (excluding diaryl/α,β-unsaturated/α-hetero) is 1. The molecule has 8 heteroatoms. The van der Waals surface area contributed by atoms with Gasteiger partial charge in [-0.1, -0.05) is 11.8 Å². The maximum atomic E-state index is 12.7. The van der Waals surface area contributed by atoms with E-state index in [1.807, 2.05) is 26.8 Å². The van der Waals surface area contributed by atoms with E-state index < -0.39 is 0 Å². The van der Waals surface area contributed by atoms with Crippen LogP contribution in [0.4, 0.5) is 0 Å². The molecule has 3 aromatic heterocycles. The monoisotopic (exact) mass is 389 g/mol. The highest BCUT2D eigenvalue weighted by atomic mass is 32.2. The lowest BCUT2D eigenvalue weighted by Crippen LogP contribution is -2.14. The van der Waals surface area contributed by atoms with E-state index in [1.54, 1.807) is 19.4 Å². The quantitative estimate of drug-likeness (QED) is 0.421. The minimum Gasteiger partial charge on any atom is -0.469 e. The van der Waals surface area contributed by atoms with Crippen molar-refractivity contribution in [2.24, 2.45) is 0 Å². The lowest BCUT2D eigenvalue weighted by Gasteiger charge is -2.17. The highest BCUT2D eigenvalue weighted by molar-refractivity contribution is 7.99. The van der Waals surface area contributed by atoms with E-state index >= 15 is 0 Å². The first-order valence-electron chi connectivity index (χ1n) is 8.63. The molecule has 0 fully saturated rings. The number of ketones is 1. The van der Waals surface area contributed by atoms with E-state index in [0.717, 1.165) is 17.0 Å². The normalized spacial score (nSPS) is 12.5. The molecule has 27 heavy (non-hydrogen) atoms. The van der Waals surface area contributed by atoms with Crippen molar-refractivity contribution in [3.63, 3.8) is 0 Å². The first-order valence-corrected chi connectivity index (χ1v) is 9.62. The third-order valence-corrected chi connectivity index (χ3v) is 5.27. The molecule has 3 rings (SSSR count). The Labute approximate surface area is 162 Å². The van der Waals surface area contributed by atoms with Crippen molar-refractivity contribution in [1.82, 2.24) is 14.8 Å². The number of carbonyl (C=O) groups excluding carboxylic acids is 1. The van der Waals surface area contributed by atoms with Crippen molar-refractivity contribution in [2.75, 3.05) is 19.5 Å². The first-order chi connectivity index (χ1) is 12.9. The number of ether oxygens (including phenoxy) is 1. The predicted molar refractivity (Wildman–Crippen MR) is 102 cm³/mol. The molecule has 144 valence electrons. The van der Waals surface area contributed by atoms with Gasteiger partial charge in [-0.15, -0.1) is 10.2 Å². The molecule has 0 bridgehead atoms. The van der Waals surface area contributed by atoms with E-state index in [2.05, 4.69) is 21.7 Å². The second-order valence-electron chi connectivity index (χ2n) is 6.43. The Morgan fingerprint density at radius 2 is 2.11 bits per heavy atom. The first kappa shape index (κ1) is 19.4. The van der Waals surface area contributed by atoms with Crippen LogP contribution in [0.2, 0.25) is 0 Å². The van der Waals surface area contributed by atoms with E-state index in [1.165, 1.54) is 11.8 Å². The second-order valence-corrected chi connectivity index (χ2v) is 7.36. The number of hydrogen-bond donors (Lipinski definition) is 0. The summed E-state index contributed by atoms with van der Waals surface area (Å²) in [4.78, 5) is 12.7. The maximum Gasteiger partial charge on any atom is 0.277 e. The molecule has 0 saturated carbocycles. The summed E-state index contributed by atoms with van der Waals surface area (Å²) < 4.78 is 18.3. The third kappa shape index (κ3) is 4.01. The number of aryl methyl sites for hydroxylation is 2. The molecule has 0 unspecified atom stereocenters. The average molecular weight is 389 g/mol. The Morgan fingerprint density at radius 3 is 2.78 bits per heavy atom. The SMILES string of the molecule is COC[C@@H](C)n1c(C)cc(C(=O)CSc2nnc(-c3ccoc3C)o2)c1C. The van der Waals surface area contributed by atoms with Gasteiger partial charge in [-0.2, -0.15) is 0 Å². The van der Waals surface area contributed by atoms with Gasteiger partial charge >= 0.3 is 0 Å². The molecule has 0 amide bonds. The van der Waals surface area contributed by atoms with Gasteiger partial charge in [0.2, 0.25) is 0 Å². The Hall–Kier alpha value is -2.32. The van der Waals surface area contributed by atoms with Gasteiger partial charge in [0.05, 0.1) is 30.2 Å². The zero-order chi connectivity index (χ0) is 19.6. The highest BCUT2D eigenvalue weighted by Gasteiger charge is 2.20. The molecule has 0 radical (unpaired) electrons. The van der Waals surface area contributed by atoms with Crippen LogP contribution in [0.1, 0.15) is 40.5 Å². The molecule has 0 aliphatic carbocycles. The van der Waals surface area contributed by atoms with Crippen LogP contribution >= 0.6 is 11.8 Å². The molecular weight excluding hydrogens is 366 g/mol. The minimum atomic E-state index is 0.0307. The van der Waals surface area contributed by atoms with Crippen LogP contribution in [0, 0.1) is 20.8 Å².